The summed E-state index contributed by atoms with van der Waals surface area (Å²) >= 11 is 0. The van der Waals surface area contributed by atoms with Crippen LogP contribution in [0.5, 0.6) is 0 Å². The van der Waals surface area contributed by atoms with Crippen molar-refractivity contribution in [3.8, 4) is 0 Å². The van der Waals surface area contributed by atoms with Gasteiger partial charge in [-0.2, -0.15) is 0 Å². The number of hydrogen-bond acceptors (Lipinski definition) is 2. The van der Waals surface area contributed by atoms with Crippen LogP contribution in [0.2, 0.25) is 0 Å². The summed E-state index contributed by atoms with van der Waals surface area (Å²) in [7, 11) is 1.94. The van der Waals surface area contributed by atoms with E-state index in [-0.39, 0.29) is 5.91 Å². The van der Waals surface area contributed by atoms with E-state index in [0.29, 0.717) is 12.1 Å². The van der Waals surface area contributed by atoms with E-state index in [9.17, 15) is 4.79 Å². The molecule has 1 saturated heterocycles. The van der Waals surface area contributed by atoms with Gasteiger partial charge >= 0.3 is 0 Å². The van der Waals surface area contributed by atoms with Gasteiger partial charge in [-0.1, -0.05) is 0 Å². The number of nitrogens with zero attached hydrogens (tertiary/aromatic N) is 2. The molecule has 2 rings (SSSR count). The minimum atomic E-state index is 0.0543. The molecule has 1 aliphatic heterocycles. The first-order valence-corrected chi connectivity index (χ1v) is 7.16. The van der Waals surface area contributed by atoms with Gasteiger partial charge < -0.3 is 14.8 Å². The van der Waals surface area contributed by atoms with Gasteiger partial charge in [0.05, 0.1) is 0 Å². The third-order valence-corrected chi connectivity index (χ3v) is 4.20. The van der Waals surface area contributed by atoms with E-state index < -0.39 is 0 Å². The molecule has 2 heterocycles. The number of likely N-dealkylation sites (tertiary alicyclic amines) is 1. The van der Waals surface area contributed by atoms with Gasteiger partial charge in [0.1, 0.15) is 5.69 Å². The highest BCUT2D eigenvalue weighted by molar-refractivity contribution is 5.93. The molecule has 4 nitrogen and oxygen atoms in total. The topological polar surface area (TPSA) is 37.3 Å². The summed E-state index contributed by atoms with van der Waals surface area (Å²) in [6.07, 6.45) is 2.10. The highest BCUT2D eigenvalue weighted by Crippen LogP contribution is 2.14. The number of rotatable bonds is 3. The van der Waals surface area contributed by atoms with Gasteiger partial charge in [0.2, 0.25) is 0 Å². The molecular weight excluding hydrogens is 238 g/mol. The van der Waals surface area contributed by atoms with Crippen LogP contribution in [0.3, 0.4) is 0 Å². The number of aromatic nitrogens is 1. The van der Waals surface area contributed by atoms with E-state index in [1.807, 2.05) is 30.7 Å². The number of aryl methyl sites for hydroxylation is 1. The van der Waals surface area contributed by atoms with Gasteiger partial charge in [0.15, 0.2) is 0 Å². The zero-order chi connectivity index (χ0) is 14.0. The lowest BCUT2D eigenvalue weighted by molar-refractivity contribution is 0.0892. The molecule has 106 valence electrons. The standard InChI is InChI=1S/C15H25N3O/c1-11(2)18-9-7-13(8-10-18)16-15(19)14-6-5-12(3)17(14)4/h5-6,11,13H,7-10H2,1-4H3,(H,16,19). The Morgan fingerprint density at radius 3 is 2.42 bits per heavy atom. The van der Waals surface area contributed by atoms with E-state index in [1.54, 1.807) is 0 Å². The van der Waals surface area contributed by atoms with Crippen molar-refractivity contribution in [2.45, 2.75) is 45.7 Å². The second-order valence-electron chi connectivity index (χ2n) is 5.80. The van der Waals surface area contributed by atoms with Crippen molar-refractivity contribution in [3.05, 3.63) is 23.5 Å². The van der Waals surface area contributed by atoms with Crippen molar-refractivity contribution >= 4 is 5.91 Å². The van der Waals surface area contributed by atoms with Gasteiger partial charge in [-0.3, -0.25) is 4.79 Å². The summed E-state index contributed by atoms with van der Waals surface area (Å²) < 4.78 is 1.94. The van der Waals surface area contributed by atoms with Gasteiger partial charge in [0.25, 0.3) is 5.91 Å². The number of amides is 1. The molecule has 0 radical (unpaired) electrons. The Bertz CT molecular complexity index is 442. The molecule has 0 aromatic carbocycles. The molecule has 1 N–H and O–H groups in total. The first kappa shape index (κ1) is 14.1. The number of nitrogens with one attached hydrogen (secondary N) is 1. The summed E-state index contributed by atoms with van der Waals surface area (Å²) in [4.78, 5) is 14.7. The van der Waals surface area contributed by atoms with Crippen LogP contribution in [0, 0.1) is 6.92 Å². The van der Waals surface area contributed by atoms with Crippen LogP contribution in [-0.4, -0.2) is 40.5 Å². The predicted octanol–water partition coefficient (Wildman–Crippen LogP) is 1.94. The fraction of sp³-hybridized carbons (Fsp3) is 0.667. The first-order valence-electron chi connectivity index (χ1n) is 7.16. The van der Waals surface area contributed by atoms with Crippen LogP contribution in [-0.2, 0) is 7.05 Å². The molecule has 1 aliphatic rings. The Balaban J connectivity index is 1.89. The first-order chi connectivity index (χ1) is 8.99. The number of carbonyl (C=O) groups is 1. The lowest BCUT2D eigenvalue weighted by Gasteiger charge is -2.34. The average molecular weight is 263 g/mol. The smallest absolute Gasteiger partial charge is 0.268 e. The highest BCUT2D eigenvalue weighted by atomic mass is 16.2. The van der Waals surface area contributed by atoms with Crippen molar-refractivity contribution in [1.82, 2.24) is 14.8 Å². The minimum absolute atomic E-state index is 0.0543. The molecule has 1 aromatic rings. The lowest BCUT2D eigenvalue weighted by Crippen LogP contribution is -2.46. The maximum Gasteiger partial charge on any atom is 0.268 e. The van der Waals surface area contributed by atoms with E-state index >= 15 is 0 Å². The van der Waals surface area contributed by atoms with Crippen LogP contribution in [0.25, 0.3) is 0 Å². The van der Waals surface area contributed by atoms with Crippen molar-refractivity contribution in [3.63, 3.8) is 0 Å². The molecule has 4 heteroatoms. The average Bonchev–Trinajstić information content (AvgIpc) is 2.70. The Labute approximate surface area is 115 Å². The SMILES string of the molecule is Cc1ccc(C(=O)NC2CCN(C(C)C)CC2)n1C. The molecule has 0 spiro atoms. The van der Waals surface area contributed by atoms with Crippen LogP contribution >= 0.6 is 0 Å². The van der Waals surface area contributed by atoms with E-state index in [0.717, 1.165) is 37.3 Å². The van der Waals surface area contributed by atoms with Crippen molar-refractivity contribution < 1.29 is 4.79 Å². The summed E-state index contributed by atoms with van der Waals surface area (Å²) in [5.41, 5.74) is 1.86. The third kappa shape index (κ3) is 3.18. The predicted molar refractivity (Wildman–Crippen MR) is 77.3 cm³/mol. The molecule has 0 unspecified atom stereocenters. The van der Waals surface area contributed by atoms with E-state index in [4.69, 9.17) is 0 Å². The van der Waals surface area contributed by atoms with Crippen LogP contribution in [0.1, 0.15) is 42.9 Å². The maximum absolute atomic E-state index is 12.2. The van der Waals surface area contributed by atoms with E-state index in [1.165, 1.54) is 0 Å². The second kappa shape index (κ2) is 5.78. The van der Waals surface area contributed by atoms with Gasteiger partial charge in [-0.15, -0.1) is 0 Å². The summed E-state index contributed by atoms with van der Waals surface area (Å²) in [5, 5.41) is 3.16. The molecule has 0 aliphatic carbocycles. The van der Waals surface area contributed by atoms with Gasteiger partial charge in [-0.05, 0) is 45.7 Å². The maximum atomic E-state index is 12.2. The van der Waals surface area contributed by atoms with Crippen molar-refractivity contribution in [2.24, 2.45) is 7.05 Å². The number of carbonyl (C=O) groups excluding carboxylic acids is 1. The second-order valence-corrected chi connectivity index (χ2v) is 5.80. The molecule has 0 bridgehead atoms. The quantitative estimate of drug-likeness (QED) is 0.905. The molecule has 0 atom stereocenters. The monoisotopic (exact) mass is 263 g/mol. The van der Waals surface area contributed by atoms with Crippen LogP contribution in [0.4, 0.5) is 0 Å². The van der Waals surface area contributed by atoms with Gasteiger partial charge in [0, 0.05) is 37.9 Å². The normalized spacial score (nSPS) is 17.9. The molecular formula is C15H25N3O. The highest BCUT2D eigenvalue weighted by Gasteiger charge is 2.23. The fourth-order valence-electron chi connectivity index (χ4n) is 2.66. The molecule has 19 heavy (non-hydrogen) atoms. The number of hydrogen-bond donors (Lipinski definition) is 1. The largest absolute Gasteiger partial charge is 0.348 e. The lowest BCUT2D eigenvalue weighted by atomic mass is 10.0. The van der Waals surface area contributed by atoms with Gasteiger partial charge in [-0.25, -0.2) is 0 Å². The summed E-state index contributed by atoms with van der Waals surface area (Å²) in [6.45, 7) is 8.62. The molecule has 0 saturated carbocycles. The Kier molecular flexibility index (Phi) is 4.30. The summed E-state index contributed by atoms with van der Waals surface area (Å²) in [5.74, 6) is 0.0543. The Hall–Kier alpha value is -1.29. The van der Waals surface area contributed by atoms with Crippen molar-refractivity contribution in [2.75, 3.05) is 13.1 Å². The van der Waals surface area contributed by atoms with Crippen LogP contribution in [0.15, 0.2) is 12.1 Å². The Morgan fingerprint density at radius 2 is 1.95 bits per heavy atom. The zero-order valence-corrected chi connectivity index (χ0v) is 12.4. The van der Waals surface area contributed by atoms with Crippen LogP contribution < -0.4 is 5.32 Å². The van der Waals surface area contributed by atoms with Crippen molar-refractivity contribution in [1.29, 1.82) is 0 Å². The summed E-state index contributed by atoms with van der Waals surface area (Å²) in [6, 6.07) is 4.80. The molecule has 1 amide bonds. The fourth-order valence-corrected chi connectivity index (χ4v) is 2.66. The van der Waals surface area contributed by atoms with E-state index in [2.05, 4.69) is 24.1 Å². The minimum Gasteiger partial charge on any atom is -0.348 e. The Morgan fingerprint density at radius 1 is 1.32 bits per heavy atom. The number of piperidine rings is 1. The molecule has 1 aromatic heterocycles. The molecule has 1 fully saturated rings. The zero-order valence-electron chi connectivity index (χ0n) is 12.4. The third-order valence-electron chi connectivity index (χ3n) is 4.20.